The smallest absolute Gasteiger partial charge is 0.313 e. The van der Waals surface area contributed by atoms with E-state index in [-0.39, 0.29) is 23.2 Å². The molecule has 0 saturated heterocycles. The highest BCUT2D eigenvalue weighted by molar-refractivity contribution is 8.04. The van der Waals surface area contributed by atoms with Gasteiger partial charge in [-0.15, -0.1) is 23.5 Å². The normalized spacial score (nSPS) is 18.7. The van der Waals surface area contributed by atoms with E-state index < -0.39 is 17.3 Å². The standard InChI is InChI=1S/C20H21ClN2O4S2/c1-3-12-7-14(20(29-12)22-17(24)9-28-10-18(25)26)19(27)15-8-23(2)16-5-4-11(21)6-13(15)16/h4-8,14,20H,3,9-10H2,1-2H3,(H,22,24)(H,25,26). The van der Waals surface area contributed by atoms with Crippen LogP contribution in [0.25, 0.3) is 10.9 Å². The van der Waals surface area contributed by atoms with Gasteiger partial charge in [0.25, 0.3) is 0 Å². The predicted molar refractivity (Wildman–Crippen MR) is 119 cm³/mol. The van der Waals surface area contributed by atoms with Crippen LogP contribution in [0.15, 0.2) is 35.4 Å². The zero-order chi connectivity index (χ0) is 21.1. The third-order valence-corrected chi connectivity index (χ3v) is 7.15. The minimum atomic E-state index is -0.962. The minimum absolute atomic E-state index is 0.0373. The Morgan fingerprint density at radius 3 is 2.76 bits per heavy atom. The largest absolute Gasteiger partial charge is 0.481 e. The number of carbonyl (C=O) groups excluding carboxylic acids is 2. The highest BCUT2D eigenvalue weighted by Gasteiger charge is 2.35. The van der Waals surface area contributed by atoms with Crippen molar-refractivity contribution in [2.75, 3.05) is 11.5 Å². The van der Waals surface area contributed by atoms with Gasteiger partial charge in [-0.1, -0.05) is 24.6 Å². The van der Waals surface area contributed by atoms with Crippen molar-refractivity contribution in [1.29, 1.82) is 0 Å². The van der Waals surface area contributed by atoms with Crippen LogP contribution in [0.4, 0.5) is 0 Å². The molecule has 2 aromatic rings. The van der Waals surface area contributed by atoms with Crippen LogP contribution in [-0.2, 0) is 16.6 Å². The summed E-state index contributed by atoms with van der Waals surface area (Å²) in [6.45, 7) is 2.00. The molecule has 0 saturated carbocycles. The van der Waals surface area contributed by atoms with Gasteiger partial charge in [-0.05, 0) is 29.5 Å². The number of hydrogen-bond acceptors (Lipinski definition) is 5. The Bertz CT molecular complexity index is 1000. The van der Waals surface area contributed by atoms with Crippen molar-refractivity contribution in [3.05, 3.63) is 46.0 Å². The van der Waals surface area contributed by atoms with E-state index in [1.807, 2.05) is 30.7 Å². The molecule has 1 amide bonds. The van der Waals surface area contributed by atoms with E-state index in [0.29, 0.717) is 10.6 Å². The van der Waals surface area contributed by atoms with Gasteiger partial charge >= 0.3 is 5.97 Å². The average Bonchev–Trinajstić information content (AvgIpc) is 3.21. The summed E-state index contributed by atoms with van der Waals surface area (Å²) in [7, 11) is 1.88. The van der Waals surface area contributed by atoms with Crippen molar-refractivity contribution < 1.29 is 19.5 Å². The molecule has 1 aromatic heterocycles. The number of nitrogens with one attached hydrogen (secondary N) is 1. The summed E-state index contributed by atoms with van der Waals surface area (Å²) in [6.07, 6.45) is 4.50. The number of hydrogen-bond donors (Lipinski definition) is 2. The third-order valence-electron chi connectivity index (χ3n) is 4.60. The maximum absolute atomic E-state index is 13.4. The Balaban J connectivity index is 1.82. The van der Waals surface area contributed by atoms with Gasteiger partial charge in [-0.3, -0.25) is 14.4 Å². The fraction of sp³-hybridized carbons (Fsp3) is 0.350. The van der Waals surface area contributed by atoms with Crippen molar-refractivity contribution in [3.63, 3.8) is 0 Å². The maximum atomic E-state index is 13.4. The van der Waals surface area contributed by atoms with E-state index in [1.54, 1.807) is 18.3 Å². The number of rotatable bonds is 8. The summed E-state index contributed by atoms with van der Waals surface area (Å²) in [4.78, 5) is 37.3. The third kappa shape index (κ3) is 4.99. The molecule has 2 atom stereocenters. The van der Waals surface area contributed by atoms with Crippen molar-refractivity contribution in [2.45, 2.75) is 18.7 Å². The summed E-state index contributed by atoms with van der Waals surface area (Å²) in [5, 5.41) is 12.5. The molecular formula is C20H21ClN2O4S2. The molecule has 0 radical (unpaired) electrons. The number of fused-ring (bicyclic) bond motifs is 1. The van der Waals surface area contributed by atoms with E-state index in [2.05, 4.69) is 5.32 Å². The summed E-state index contributed by atoms with van der Waals surface area (Å²) in [5.74, 6) is -1.91. The lowest BCUT2D eigenvalue weighted by molar-refractivity contribution is -0.133. The van der Waals surface area contributed by atoms with Gasteiger partial charge in [0, 0.05) is 34.7 Å². The molecule has 154 valence electrons. The second-order valence-electron chi connectivity index (χ2n) is 6.68. The minimum Gasteiger partial charge on any atom is -0.481 e. The van der Waals surface area contributed by atoms with E-state index in [1.165, 1.54) is 11.8 Å². The molecule has 0 spiro atoms. The number of aromatic nitrogens is 1. The van der Waals surface area contributed by atoms with E-state index in [9.17, 15) is 14.4 Å². The number of aryl methyl sites for hydroxylation is 1. The van der Waals surface area contributed by atoms with Gasteiger partial charge in [0.1, 0.15) is 0 Å². The van der Waals surface area contributed by atoms with Crippen molar-refractivity contribution in [3.8, 4) is 0 Å². The Hall–Kier alpha value is -1.90. The molecule has 1 aliphatic rings. The topological polar surface area (TPSA) is 88.4 Å². The number of ketones is 1. The van der Waals surface area contributed by atoms with Crippen LogP contribution in [0.5, 0.6) is 0 Å². The highest BCUT2D eigenvalue weighted by atomic mass is 35.5. The first kappa shape index (κ1) is 21.8. The second kappa shape index (κ2) is 9.28. The van der Waals surface area contributed by atoms with Crippen molar-refractivity contribution in [1.82, 2.24) is 9.88 Å². The molecular weight excluding hydrogens is 432 g/mol. The molecule has 1 aliphatic heterocycles. The quantitative estimate of drug-likeness (QED) is 0.590. The Labute approximate surface area is 182 Å². The molecule has 29 heavy (non-hydrogen) atoms. The summed E-state index contributed by atoms with van der Waals surface area (Å²) in [5.41, 5.74) is 1.48. The molecule has 6 nitrogen and oxygen atoms in total. The predicted octanol–water partition coefficient (Wildman–Crippen LogP) is 3.93. The van der Waals surface area contributed by atoms with Gasteiger partial charge in [-0.2, -0.15) is 0 Å². The molecule has 0 bridgehead atoms. The van der Waals surface area contributed by atoms with Crippen LogP contribution in [0, 0.1) is 5.92 Å². The molecule has 3 rings (SSSR count). The Morgan fingerprint density at radius 2 is 2.07 bits per heavy atom. The van der Waals surface area contributed by atoms with Gasteiger partial charge in [-0.25, -0.2) is 0 Å². The fourth-order valence-corrected chi connectivity index (χ4v) is 5.24. The first-order chi connectivity index (χ1) is 13.8. The summed E-state index contributed by atoms with van der Waals surface area (Å²) < 4.78 is 1.89. The number of thioether (sulfide) groups is 2. The number of Topliss-reactive ketones (excluding diaryl/α,β-unsaturated/α-hetero) is 1. The van der Waals surface area contributed by atoms with Gasteiger partial charge in [0.2, 0.25) is 5.91 Å². The van der Waals surface area contributed by atoms with Crippen LogP contribution >= 0.6 is 35.1 Å². The number of benzene rings is 1. The lowest BCUT2D eigenvalue weighted by Crippen LogP contribution is -2.39. The summed E-state index contributed by atoms with van der Waals surface area (Å²) >= 11 is 8.65. The monoisotopic (exact) mass is 452 g/mol. The number of halogens is 1. The van der Waals surface area contributed by atoms with Crippen LogP contribution in [0.3, 0.4) is 0 Å². The van der Waals surface area contributed by atoms with E-state index in [0.717, 1.165) is 34.0 Å². The number of carboxylic acid groups (broad SMARTS) is 1. The highest BCUT2D eigenvalue weighted by Crippen LogP contribution is 2.39. The Morgan fingerprint density at radius 1 is 1.31 bits per heavy atom. The first-order valence-electron chi connectivity index (χ1n) is 9.05. The first-order valence-corrected chi connectivity index (χ1v) is 11.5. The Kier molecular flexibility index (Phi) is 6.97. The van der Waals surface area contributed by atoms with Crippen molar-refractivity contribution >= 4 is 63.7 Å². The lowest BCUT2D eigenvalue weighted by Gasteiger charge is -2.19. The SMILES string of the molecule is CCC1=CC(C(=O)c2cn(C)c3ccc(Cl)cc23)C(NC(=O)CSCC(=O)O)S1. The van der Waals surface area contributed by atoms with E-state index >= 15 is 0 Å². The zero-order valence-electron chi connectivity index (χ0n) is 16.0. The number of allylic oxidation sites excluding steroid dienone is 1. The van der Waals surface area contributed by atoms with Crippen LogP contribution in [0.1, 0.15) is 23.7 Å². The van der Waals surface area contributed by atoms with Gasteiger partial charge < -0.3 is 15.0 Å². The number of amides is 1. The molecule has 2 N–H and O–H groups in total. The van der Waals surface area contributed by atoms with Crippen LogP contribution in [0.2, 0.25) is 5.02 Å². The number of carbonyl (C=O) groups is 3. The zero-order valence-corrected chi connectivity index (χ0v) is 18.4. The molecule has 2 unspecified atom stereocenters. The molecule has 0 aliphatic carbocycles. The number of aliphatic carboxylic acids is 1. The molecule has 1 aromatic carbocycles. The average molecular weight is 453 g/mol. The molecule has 2 heterocycles. The second-order valence-corrected chi connectivity index (χ2v) is 9.37. The lowest BCUT2D eigenvalue weighted by atomic mass is 9.96. The van der Waals surface area contributed by atoms with Gasteiger partial charge in [0.05, 0.1) is 22.8 Å². The van der Waals surface area contributed by atoms with Gasteiger partial charge in [0.15, 0.2) is 5.78 Å². The summed E-state index contributed by atoms with van der Waals surface area (Å²) in [6, 6.07) is 5.45. The number of carboxylic acids is 1. The molecule has 0 fully saturated rings. The fourth-order valence-electron chi connectivity index (χ4n) is 3.27. The van der Waals surface area contributed by atoms with Crippen molar-refractivity contribution in [2.24, 2.45) is 13.0 Å². The van der Waals surface area contributed by atoms with Crippen LogP contribution in [-0.4, -0.2) is 44.2 Å². The maximum Gasteiger partial charge on any atom is 0.313 e. The number of nitrogens with zero attached hydrogens (tertiary/aromatic N) is 1. The molecule has 9 heteroatoms. The van der Waals surface area contributed by atoms with E-state index in [4.69, 9.17) is 16.7 Å². The van der Waals surface area contributed by atoms with Crippen LogP contribution < -0.4 is 5.32 Å².